The molecule has 0 aliphatic heterocycles. The van der Waals surface area contributed by atoms with Crippen LogP contribution in [0.1, 0.15) is 44.1 Å². The Hall–Kier alpha value is -2.55. The zero-order chi connectivity index (χ0) is 22.9. The molecule has 4 fully saturated rings. The summed E-state index contributed by atoms with van der Waals surface area (Å²) in [4.78, 5) is 25.3. The van der Waals surface area contributed by atoms with Crippen molar-refractivity contribution in [1.82, 2.24) is 9.78 Å². The fourth-order valence-corrected chi connectivity index (χ4v) is 6.67. The van der Waals surface area contributed by atoms with Gasteiger partial charge in [-0.2, -0.15) is 18.3 Å². The lowest BCUT2D eigenvalue weighted by atomic mass is 9.47. The number of rotatable bonds is 4. The van der Waals surface area contributed by atoms with Gasteiger partial charge >= 0.3 is 12.1 Å². The van der Waals surface area contributed by atoms with Gasteiger partial charge in [0.05, 0.1) is 28.4 Å². The van der Waals surface area contributed by atoms with Crippen LogP contribution in [0, 0.1) is 17.3 Å². The predicted octanol–water partition coefficient (Wildman–Crippen LogP) is 5.04. The molecule has 2 atom stereocenters. The monoisotopic (exact) mass is 467 g/mol. The van der Waals surface area contributed by atoms with Crippen LogP contribution in [0.2, 0.25) is 5.02 Å². The second-order valence-corrected chi connectivity index (χ2v) is 9.94. The van der Waals surface area contributed by atoms with Crippen LogP contribution >= 0.6 is 11.6 Å². The van der Waals surface area contributed by atoms with Crippen molar-refractivity contribution >= 4 is 28.9 Å². The average Bonchev–Trinajstić information content (AvgIpc) is 2.70. The van der Waals surface area contributed by atoms with Gasteiger partial charge in [-0.3, -0.25) is 9.59 Å². The van der Waals surface area contributed by atoms with Crippen molar-refractivity contribution in [2.75, 3.05) is 5.32 Å². The van der Waals surface area contributed by atoms with Crippen molar-refractivity contribution in [2.45, 2.75) is 50.2 Å². The lowest BCUT2D eigenvalue weighted by Crippen LogP contribution is -2.61. The molecule has 6 rings (SSSR count). The Morgan fingerprint density at radius 1 is 1.22 bits per heavy atom. The van der Waals surface area contributed by atoms with E-state index in [1.54, 1.807) is 0 Å². The minimum atomic E-state index is -4.50. The first-order valence-electron chi connectivity index (χ1n) is 10.5. The molecule has 4 aliphatic carbocycles. The Bertz CT molecular complexity index is 1150. The first-order valence-corrected chi connectivity index (χ1v) is 10.9. The quantitative estimate of drug-likeness (QED) is 0.658. The highest BCUT2D eigenvalue weighted by Gasteiger charge is 2.62. The molecule has 1 heterocycles. The molecule has 6 nitrogen and oxygen atoms in total. The number of benzene rings is 1. The molecule has 4 aliphatic rings. The summed E-state index contributed by atoms with van der Waals surface area (Å²) < 4.78 is 40.3. The summed E-state index contributed by atoms with van der Waals surface area (Å²) in [5.41, 5.74) is -2.70. The zero-order valence-corrected chi connectivity index (χ0v) is 17.7. The Kier molecular flexibility index (Phi) is 4.64. The number of aliphatic carboxylic acids is 1. The highest BCUT2D eigenvalue weighted by Crippen LogP contribution is 2.63. The topological polar surface area (TPSA) is 84.2 Å². The van der Waals surface area contributed by atoms with Gasteiger partial charge in [0.25, 0.3) is 5.56 Å². The van der Waals surface area contributed by atoms with Crippen LogP contribution in [-0.4, -0.2) is 20.9 Å². The number of carboxylic acid groups (broad SMARTS) is 1. The molecule has 4 bridgehead atoms. The van der Waals surface area contributed by atoms with E-state index in [-0.39, 0.29) is 28.2 Å². The van der Waals surface area contributed by atoms with Crippen LogP contribution in [0.5, 0.6) is 0 Å². The summed E-state index contributed by atoms with van der Waals surface area (Å²) >= 11 is 6.34. The van der Waals surface area contributed by atoms with E-state index in [1.165, 1.54) is 23.0 Å². The van der Waals surface area contributed by atoms with Crippen molar-refractivity contribution in [3.63, 3.8) is 0 Å². The van der Waals surface area contributed by atoms with Crippen LogP contribution in [-0.2, 0) is 16.5 Å². The largest absolute Gasteiger partial charge is 0.481 e. The number of anilines is 2. The van der Waals surface area contributed by atoms with Crippen LogP contribution in [0.3, 0.4) is 0 Å². The van der Waals surface area contributed by atoms with Crippen LogP contribution in [0.25, 0.3) is 0 Å². The van der Waals surface area contributed by atoms with E-state index in [2.05, 4.69) is 10.4 Å². The number of aromatic nitrogens is 2. The summed E-state index contributed by atoms with van der Waals surface area (Å²) in [7, 11) is 0. The van der Waals surface area contributed by atoms with Gasteiger partial charge < -0.3 is 10.4 Å². The van der Waals surface area contributed by atoms with Gasteiger partial charge in [-0.1, -0.05) is 17.7 Å². The van der Waals surface area contributed by atoms with Gasteiger partial charge in [0.2, 0.25) is 0 Å². The molecule has 2 aromatic rings. The van der Waals surface area contributed by atoms with Gasteiger partial charge in [-0.25, -0.2) is 4.68 Å². The van der Waals surface area contributed by atoms with E-state index >= 15 is 0 Å². The van der Waals surface area contributed by atoms with Crippen molar-refractivity contribution in [2.24, 2.45) is 17.3 Å². The number of hydrogen-bond donors (Lipinski definition) is 2. The lowest BCUT2D eigenvalue weighted by Gasteiger charge is -2.60. The van der Waals surface area contributed by atoms with Gasteiger partial charge in [0.15, 0.2) is 0 Å². The van der Waals surface area contributed by atoms with Gasteiger partial charge in [0, 0.05) is 5.69 Å². The third-order valence-electron chi connectivity index (χ3n) is 7.32. The third kappa shape index (κ3) is 3.29. The Morgan fingerprint density at radius 2 is 1.91 bits per heavy atom. The van der Waals surface area contributed by atoms with E-state index in [0.717, 1.165) is 18.6 Å². The summed E-state index contributed by atoms with van der Waals surface area (Å²) in [6, 6.07) is 4.58. The Morgan fingerprint density at radius 3 is 2.53 bits per heavy atom. The zero-order valence-electron chi connectivity index (χ0n) is 17.0. The summed E-state index contributed by atoms with van der Waals surface area (Å²) in [5, 5.41) is 16.8. The molecular formula is C22H21ClF3N3O3. The minimum Gasteiger partial charge on any atom is -0.481 e. The first kappa shape index (κ1) is 21.3. The molecule has 0 unspecified atom stereocenters. The van der Waals surface area contributed by atoms with Crippen molar-refractivity contribution < 1.29 is 23.1 Å². The molecule has 32 heavy (non-hydrogen) atoms. The van der Waals surface area contributed by atoms with Crippen molar-refractivity contribution in [3.05, 3.63) is 51.4 Å². The number of nitrogens with one attached hydrogen (secondary N) is 1. The summed E-state index contributed by atoms with van der Waals surface area (Å²) in [6.45, 7) is 0. The maximum atomic E-state index is 13.2. The van der Waals surface area contributed by atoms with E-state index in [0.29, 0.717) is 32.1 Å². The molecule has 1 aromatic heterocycles. The maximum absolute atomic E-state index is 13.2. The molecule has 0 radical (unpaired) electrons. The van der Waals surface area contributed by atoms with Crippen LogP contribution < -0.4 is 10.9 Å². The van der Waals surface area contributed by atoms with Crippen molar-refractivity contribution in [3.8, 4) is 0 Å². The highest BCUT2D eigenvalue weighted by atomic mass is 35.5. The maximum Gasteiger partial charge on any atom is 0.416 e. The molecular weight excluding hydrogens is 447 g/mol. The second-order valence-electron chi connectivity index (χ2n) is 9.56. The summed E-state index contributed by atoms with van der Waals surface area (Å²) in [6.07, 6.45) is 0.749. The van der Waals surface area contributed by atoms with Gasteiger partial charge in [-0.05, 0) is 68.6 Å². The molecule has 0 amide bonds. The fraction of sp³-hybridized carbons (Fsp3) is 0.500. The molecule has 0 spiro atoms. The van der Waals surface area contributed by atoms with E-state index in [9.17, 15) is 27.9 Å². The number of hydrogen-bond acceptors (Lipinski definition) is 4. The van der Waals surface area contributed by atoms with Gasteiger partial charge in [-0.15, -0.1) is 0 Å². The third-order valence-corrected chi connectivity index (χ3v) is 7.69. The summed E-state index contributed by atoms with van der Waals surface area (Å²) in [5.74, 6) is -0.372. The van der Waals surface area contributed by atoms with E-state index in [1.807, 2.05) is 0 Å². The molecule has 0 saturated heterocycles. The number of carboxylic acids is 1. The van der Waals surface area contributed by atoms with Crippen LogP contribution in [0.15, 0.2) is 35.3 Å². The Balaban J connectivity index is 1.49. The normalized spacial score (nSPS) is 31.0. The fourth-order valence-electron chi connectivity index (χ4n) is 6.50. The first-order chi connectivity index (χ1) is 15.0. The standard InChI is InChI=1S/C22H21ClF3N3O3/c23-17-16(28-15-3-1-2-14(5-15)22(24,25)26)10-27-29(18(17)30)21-8-12-4-13(9-21)7-20(6-12,11-21)19(31)32/h1-3,5,10,12-13,28H,4,6-9,11H2,(H,31,32)/t12-,13-,20?,21?/m1/s1. The number of nitrogens with zero attached hydrogens (tertiary/aromatic N) is 2. The molecule has 10 heteroatoms. The number of alkyl halides is 3. The number of carbonyl (C=O) groups is 1. The minimum absolute atomic E-state index is 0.102. The smallest absolute Gasteiger partial charge is 0.416 e. The molecule has 2 N–H and O–H groups in total. The molecule has 1 aromatic carbocycles. The van der Waals surface area contributed by atoms with Gasteiger partial charge in [0.1, 0.15) is 5.02 Å². The van der Waals surface area contributed by atoms with E-state index in [4.69, 9.17) is 11.6 Å². The average molecular weight is 468 g/mol. The molecule has 170 valence electrons. The van der Waals surface area contributed by atoms with Crippen molar-refractivity contribution in [1.29, 1.82) is 0 Å². The molecule has 4 saturated carbocycles. The number of halogens is 4. The predicted molar refractivity (Wildman–Crippen MR) is 111 cm³/mol. The van der Waals surface area contributed by atoms with Crippen LogP contribution in [0.4, 0.5) is 24.5 Å². The SMILES string of the molecule is O=C(O)C12C[C@H]3C[C@H](C1)CC(n1ncc(Nc4cccc(C(F)(F)F)c4)c(Cl)c1=O)(C3)C2. The van der Waals surface area contributed by atoms with E-state index < -0.39 is 34.2 Å². The lowest BCUT2D eigenvalue weighted by molar-refractivity contribution is -0.173. The Labute approximate surface area is 186 Å². The highest BCUT2D eigenvalue weighted by molar-refractivity contribution is 6.33. The second kappa shape index (κ2) is 6.97.